The lowest BCUT2D eigenvalue weighted by Gasteiger charge is -2.11. The van der Waals surface area contributed by atoms with Crippen LogP contribution in [0.1, 0.15) is 15.9 Å². The molecule has 0 aliphatic carbocycles. The lowest BCUT2D eigenvalue weighted by atomic mass is 10.1. The minimum atomic E-state index is -0.182. The quantitative estimate of drug-likeness (QED) is 0.830. The molecule has 0 heterocycles. The zero-order valence-electron chi connectivity index (χ0n) is 10.9. The second-order valence-corrected chi connectivity index (χ2v) is 4.23. The number of rotatable bonds is 3. The number of amides is 1. The molecular weight excluding hydrogens is 240 g/mol. The molecule has 0 aliphatic rings. The maximum atomic E-state index is 12.2. The van der Waals surface area contributed by atoms with Crippen LogP contribution >= 0.6 is 0 Å². The molecule has 2 rings (SSSR count). The van der Waals surface area contributed by atoms with E-state index in [2.05, 4.69) is 5.32 Å². The summed E-state index contributed by atoms with van der Waals surface area (Å²) in [5, 5.41) is 2.83. The van der Waals surface area contributed by atoms with Crippen LogP contribution in [-0.4, -0.2) is 13.0 Å². The third-order valence-corrected chi connectivity index (χ3v) is 2.85. The van der Waals surface area contributed by atoms with Crippen molar-refractivity contribution in [1.82, 2.24) is 0 Å². The normalized spacial score (nSPS) is 10.0. The summed E-state index contributed by atoms with van der Waals surface area (Å²) >= 11 is 0. The number of hydrogen-bond donors (Lipinski definition) is 2. The Labute approximate surface area is 112 Å². The Morgan fingerprint density at radius 1 is 1.21 bits per heavy atom. The highest BCUT2D eigenvalue weighted by atomic mass is 16.5. The lowest BCUT2D eigenvalue weighted by molar-refractivity contribution is 0.102. The minimum Gasteiger partial charge on any atom is -0.495 e. The van der Waals surface area contributed by atoms with Crippen LogP contribution < -0.4 is 15.8 Å². The molecular formula is C15H16N2O2. The van der Waals surface area contributed by atoms with Crippen LogP contribution in [0.15, 0.2) is 42.5 Å². The Bertz CT molecular complexity index is 595. The highest BCUT2D eigenvalue weighted by Gasteiger charge is 2.12. The maximum absolute atomic E-state index is 12.2. The van der Waals surface area contributed by atoms with Crippen molar-refractivity contribution < 1.29 is 9.53 Å². The molecule has 0 atom stereocenters. The van der Waals surface area contributed by atoms with Gasteiger partial charge in [-0.1, -0.05) is 18.2 Å². The number of hydrogen-bond acceptors (Lipinski definition) is 3. The Balaban J connectivity index is 2.27. The number of para-hydroxylation sites is 1. The van der Waals surface area contributed by atoms with E-state index >= 15 is 0 Å². The smallest absolute Gasteiger partial charge is 0.256 e. The van der Waals surface area contributed by atoms with E-state index in [0.29, 0.717) is 17.0 Å². The largest absolute Gasteiger partial charge is 0.495 e. The molecule has 0 aromatic heterocycles. The number of benzene rings is 2. The average Bonchev–Trinajstić information content (AvgIpc) is 2.42. The van der Waals surface area contributed by atoms with Crippen molar-refractivity contribution in [1.29, 1.82) is 0 Å². The van der Waals surface area contributed by atoms with E-state index in [1.807, 2.05) is 37.3 Å². The summed E-state index contributed by atoms with van der Waals surface area (Å²) in [4.78, 5) is 12.2. The monoisotopic (exact) mass is 256 g/mol. The molecule has 0 saturated carbocycles. The Morgan fingerprint density at radius 3 is 2.53 bits per heavy atom. The average molecular weight is 256 g/mol. The fraction of sp³-hybridized carbons (Fsp3) is 0.133. The number of anilines is 2. The van der Waals surface area contributed by atoms with Crippen molar-refractivity contribution in [3.05, 3.63) is 53.6 Å². The van der Waals surface area contributed by atoms with Crippen LogP contribution in [0.2, 0.25) is 0 Å². The number of aryl methyl sites for hydroxylation is 1. The first-order chi connectivity index (χ1) is 9.11. The van der Waals surface area contributed by atoms with Crippen molar-refractivity contribution in [2.75, 3.05) is 18.2 Å². The molecule has 0 saturated heterocycles. The van der Waals surface area contributed by atoms with Gasteiger partial charge in [0.2, 0.25) is 0 Å². The predicted molar refractivity (Wildman–Crippen MR) is 76.5 cm³/mol. The van der Waals surface area contributed by atoms with Crippen molar-refractivity contribution >= 4 is 17.3 Å². The summed E-state index contributed by atoms with van der Waals surface area (Å²) in [5.41, 5.74) is 8.39. The maximum Gasteiger partial charge on any atom is 0.256 e. The van der Waals surface area contributed by atoms with E-state index < -0.39 is 0 Å². The Morgan fingerprint density at radius 2 is 1.89 bits per heavy atom. The van der Waals surface area contributed by atoms with Gasteiger partial charge in [-0.05, 0) is 36.8 Å². The highest BCUT2D eigenvalue weighted by Crippen LogP contribution is 2.25. The van der Waals surface area contributed by atoms with Gasteiger partial charge in [-0.3, -0.25) is 4.79 Å². The lowest BCUT2D eigenvalue weighted by Crippen LogP contribution is -2.14. The van der Waals surface area contributed by atoms with Gasteiger partial charge in [-0.25, -0.2) is 0 Å². The predicted octanol–water partition coefficient (Wildman–Crippen LogP) is 2.84. The number of nitrogens with two attached hydrogens (primary N) is 1. The molecule has 4 nitrogen and oxygen atoms in total. The van der Waals surface area contributed by atoms with E-state index in [9.17, 15) is 4.79 Å². The Hall–Kier alpha value is -2.49. The summed E-state index contributed by atoms with van der Waals surface area (Å²) < 4.78 is 5.12. The first kappa shape index (κ1) is 13.0. The summed E-state index contributed by atoms with van der Waals surface area (Å²) in [6, 6.07) is 12.7. The molecule has 3 N–H and O–H groups in total. The highest BCUT2D eigenvalue weighted by molar-refractivity contribution is 6.06. The van der Waals surface area contributed by atoms with Gasteiger partial charge in [0.05, 0.1) is 12.8 Å². The SMILES string of the molecule is COc1cc(C)c(C(=O)Nc2ccccc2)cc1N. The number of carbonyl (C=O) groups excluding carboxylic acids is 1. The van der Waals surface area contributed by atoms with Gasteiger partial charge in [-0.15, -0.1) is 0 Å². The van der Waals surface area contributed by atoms with Gasteiger partial charge in [0.1, 0.15) is 5.75 Å². The first-order valence-electron chi connectivity index (χ1n) is 5.92. The number of carbonyl (C=O) groups is 1. The van der Waals surface area contributed by atoms with E-state index in [4.69, 9.17) is 10.5 Å². The molecule has 2 aromatic rings. The molecule has 0 unspecified atom stereocenters. The van der Waals surface area contributed by atoms with Gasteiger partial charge in [0.15, 0.2) is 0 Å². The van der Waals surface area contributed by atoms with Gasteiger partial charge in [0.25, 0.3) is 5.91 Å². The molecule has 19 heavy (non-hydrogen) atoms. The molecule has 0 radical (unpaired) electrons. The van der Waals surface area contributed by atoms with Crippen LogP contribution in [0.25, 0.3) is 0 Å². The van der Waals surface area contributed by atoms with Crippen LogP contribution in [0.3, 0.4) is 0 Å². The standard InChI is InChI=1S/C15H16N2O2/c1-10-8-14(19-2)13(16)9-12(10)15(18)17-11-6-4-3-5-7-11/h3-9H,16H2,1-2H3,(H,17,18). The molecule has 0 bridgehead atoms. The number of methoxy groups -OCH3 is 1. The second kappa shape index (κ2) is 5.44. The number of nitrogen functional groups attached to an aromatic ring is 1. The van der Waals surface area contributed by atoms with Crippen molar-refractivity contribution in [3.63, 3.8) is 0 Å². The molecule has 0 fully saturated rings. The first-order valence-corrected chi connectivity index (χ1v) is 5.92. The van der Waals surface area contributed by atoms with Crippen molar-refractivity contribution in [3.8, 4) is 5.75 Å². The molecule has 0 aliphatic heterocycles. The summed E-state index contributed by atoms with van der Waals surface area (Å²) in [6.45, 7) is 1.85. The van der Waals surface area contributed by atoms with E-state index in [1.165, 1.54) is 0 Å². The molecule has 4 heteroatoms. The van der Waals surface area contributed by atoms with Crippen LogP contribution in [0.4, 0.5) is 11.4 Å². The van der Waals surface area contributed by atoms with E-state index in [1.54, 1.807) is 19.2 Å². The fourth-order valence-electron chi connectivity index (χ4n) is 1.84. The number of nitrogens with one attached hydrogen (secondary N) is 1. The summed E-state index contributed by atoms with van der Waals surface area (Å²) in [7, 11) is 1.55. The number of ether oxygens (including phenoxy) is 1. The second-order valence-electron chi connectivity index (χ2n) is 4.23. The molecule has 2 aromatic carbocycles. The van der Waals surface area contributed by atoms with Gasteiger partial charge in [0, 0.05) is 11.3 Å². The van der Waals surface area contributed by atoms with Crippen LogP contribution in [-0.2, 0) is 0 Å². The van der Waals surface area contributed by atoms with Crippen LogP contribution in [0, 0.1) is 6.92 Å². The van der Waals surface area contributed by atoms with Gasteiger partial charge < -0.3 is 15.8 Å². The summed E-state index contributed by atoms with van der Waals surface area (Å²) in [6.07, 6.45) is 0. The Kier molecular flexibility index (Phi) is 3.71. The van der Waals surface area contributed by atoms with E-state index in [0.717, 1.165) is 11.3 Å². The third-order valence-electron chi connectivity index (χ3n) is 2.85. The van der Waals surface area contributed by atoms with Gasteiger partial charge in [-0.2, -0.15) is 0 Å². The molecule has 1 amide bonds. The van der Waals surface area contributed by atoms with Crippen LogP contribution in [0.5, 0.6) is 5.75 Å². The van der Waals surface area contributed by atoms with Crippen molar-refractivity contribution in [2.24, 2.45) is 0 Å². The van der Waals surface area contributed by atoms with E-state index in [-0.39, 0.29) is 5.91 Å². The molecule has 0 spiro atoms. The molecule has 98 valence electrons. The van der Waals surface area contributed by atoms with Gasteiger partial charge >= 0.3 is 0 Å². The minimum absolute atomic E-state index is 0.182. The zero-order valence-corrected chi connectivity index (χ0v) is 10.9. The zero-order chi connectivity index (χ0) is 13.8. The summed E-state index contributed by atoms with van der Waals surface area (Å²) in [5.74, 6) is 0.395. The fourth-order valence-corrected chi connectivity index (χ4v) is 1.84. The topological polar surface area (TPSA) is 64.3 Å². The van der Waals surface area contributed by atoms with Crippen molar-refractivity contribution in [2.45, 2.75) is 6.92 Å². The third kappa shape index (κ3) is 2.85.